The van der Waals surface area contributed by atoms with Crippen LogP contribution in [0.3, 0.4) is 0 Å². The van der Waals surface area contributed by atoms with Crippen molar-refractivity contribution in [2.45, 2.75) is 26.3 Å². The molecule has 6 heteroatoms. The van der Waals surface area contributed by atoms with Crippen LogP contribution in [0.5, 0.6) is 5.75 Å². The fourth-order valence-electron chi connectivity index (χ4n) is 3.81. The molecule has 1 heterocycles. The molecule has 0 unspecified atom stereocenters. The van der Waals surface area contributed by atoms with Crippen LogP contribution >= 0.6 is 11.3 Å². The van der Waals surface area contributed by atoms with Crippen LogP contribution in [0.25, 0.3) is 11.1 Å². The number of nitrogens with one attached hydrogen (secondary N) is 2. The molecule has 5 nitrogen and oxygen atoms in total. The number of ketones is 1. The molecular formula is C29H28N2O3S. The lowest BCUT2D eigenvalue weighted by Gasteiger charge is -2.17. The number of hydrogen-bond donors (Lipinski definition) is 2. The number of ether oxygens (including phenoxy) is 1. The highest BCUT2D eigenvalue weighted by Crippen LogP contribution is 2.40. The Morgan fingerprint density at radius 2 is 1.66 bits per heavy atom. The van der Waals surface area contributed by atoms with E-state index in [2.05, 4.69) is 22.1 Å². The van der Waals surface area contributed by atoms with Crippen molar-refractivity contribution in [1.82, 2.24) is 5.32 Å². The average molecular weight is 485 g/mol. The monoisotopic (exact) mass is 484 g/mol. The van der Waals surface area contributed by atoms with Crippen LogP contribution in [0, 0.1) is 0 Å². The van der Waals surface area contributed by atoms with E-state index < -0.39 is 0 Å². The molecule has 3 aromatic carbocycles. The number of thiophene rings is 1. The SMILES string of the molecule is CCCC(=O)Oc1c(Nc2ccccc2C(=O)c2ccccc2)cccc1-c1csc(CNC)c1. The lowest BCUT2D eigenvalue weighted by molar-refractivity contribution is -0.134. The van der Waals surface area contributed by atoms with E-state index in [4.69, 9.17) is 4.74 Å². The number of para-hydroxylation sites is 2. The molecule has 0 aliphatic heterocycles. The first-order valence-corrected chi connectivity index (χ1v) is 12.5. The van der Waals surface area contributed by atoms with Gasteiger partial charge in [0.25, 0.3) is 0 Å². The van der Waals surface area contributed by atoms with Gasteiger partial charge in [0.15, 0.2) is 11.5 Å². The molecule has 4 aromatic rings. The molecular weight excluding hydrogens is 456 g/mol. The smallest absolute Gasteiger partial charge is 0.311 e. The van der Waals surface area contributed by atoms with Gasteiger partial charge in [-0.25, -0.2) is 0 Å². The second kappa shape index (κ2) is 11.6. The molecule has 178 valence electrons. The van der Waals surface area contributed by atoms with Crippen molar-refractivity contribution in [1.29, 1.82) is 0 Å². The Bertz CT molecular complexity index is 1310. The fraction of sp³-hybridized carbons (Fsp3) is 0.172. The van der Waals surface area contributed by atoms with Gasteiger partial charge < -0.3 is 15.4 Å². The van der Waals surface area contributed by atoms with Crippen molar-refractivity contribution >= 4 is 34.5 Å². The van der Waals surface area contributed by atoms with Crippen molar-refractivity contribution in [3.63, 3.8) is 0 Å². The second-order valence-corrected chi connectivity index (χ2v) is 9.10. The van der Waals surface area contributed by atoms with Crippen molar-refractivity contribution in [3.05, 3.63) is 100 Å². The molecule has 0 atom stereocenters. The van der Waals surface area contributed by atoms with Crippen molar-refractivity contribution < 1.29 is 14.3 Å². The third kappa shape index (κ3) is 5.85. The van der Waals surface area contributed by atoms with Crippen molar-refractivity contribution in [2.24, 2.45) is 0 Å². The molecule has 0 spiro atoms. The van der Waals surface area contributed by atoms with E-state index >= 15 is 0 Å². The Balaban J connectivity index is 1.75. The van der Waals surface area contributed by atoms with E-state index in [1.165, 1.54) is 4.88 Å². The van der Waals surface area contributed by atoms with E-state index in [1.807, 2.05) is 68.6 Å². The zero-order valence-electron chi connectivity index (χ0n) is 19.8. The minimum Gasteiger partial charge on any atom is -0.424 e. The van der Waals surface area contributed by atoms with Crippen LogP contribution in [-0.4, -0.2) is 18.8 Å². The number of carbonyl (C=O) groups excluding carboxylic acids is 2. The van der Waals surface area contributed by atoms with Crippen LogP contribution in [0.2, 0.25) is 0 Å². The lowest BCUT2D eigenvalue weighted by Crippen LogP contribution is -2.10. The minimum atomic E-state index is -0.290. The van der Waals surface area contributed by atoms with Gasteiger partial charge in [-0.15, -0.1) is 11.3 Å². The number of benzene rings is 3. The van der Waals surface area contributed by atoms with Gasteiger partial charge in [0.2, 0.25) is 0 Å². The van der Waals surface area contributed by atoms with E-state index in [9.17, 15) is 9.59 Å². The highest BCUT2D eigenvalue weighted by molar-refractivity contribution is 7.10. The van der Waals surface area contributed by atoms with Crippen LogP contribution in [0.4, 0.5) is 11.4 Å². The molecule has 0 amide bonds. The molecule has 4 rings (SSSR count). The highest BCUT2D eigenvalue weighted by atomic mass is 32.1. The maximum Gasteiger partial charge on any atom is 0.311 e. The zero-order valence-corrected chi connectivity index (χ0v) is 20.7. The van der Waals surface area contributed by atoms with E-state index in [-0.39, 0.29) is 11.8 Å². The number of carbonyl (C=O) groups is 2. The van der Waals surface area contributed by atoms with Gasteiger partial charge in [0.05, 0.1) is 5.69 Å². The molecule has 0 bridgehead atoms. The first-order chi connectivity index (χ1) is 17.1. The number of hydrogen-bond acceptors (Lipinski definition) is 6. The van der Waals surface area contributed by atoms with E-state index in [1.54, 1.807) is 29.5 Å². The Labute approximate surface area is 209 Å². The predicted octanol–water partition coefficient (Wildman–Crippen LogP) is 6.81. The van der Waals surface area contributed by atoms with Crippen molar-refractivity contribution in [3.8, 4) is 16.9 Å². The normalized spacial score (nSPS) is 10.7. The van der Waals surface area contributed by atoms with Gasteiger partial charge in [-0.2, -0.15) is 0 Å². The van der Waals surface area contributed by atoms with E-state index in [0.717, 1.165) is 17.7 Å². The van der Waals surface area contributed by atoms with Crippen LogP contribution in [0.15, 0.2) is 84.2 Å². The largest absolute Gasteiger partial charge is 0.424 e. The molecule has 35 heavy (non-hydrogen) atoms. The molecule has 0 radical (unpaired) electrons. The molecule has 1 aromatic heterocycles. The number of anilines is 2. The first kappa shape index (κ1) is 24.4. The summed E-state index contributed by atoms with van der Waals surface area (Å²) >= 11 is 1.65. The summed E-state index contributed by atoms with van der Waals surface area (Å²) in [6, 6.07) is 24.4. The Morgan fingerprint density at radius 1 is 0.914 bits per heavy atom. The average Bonchev–Trinajstić information content (AvgIpc) is 3.34. The molecule has 2 N–H and O–H groups in total. The molecule has 0 fully saturated rings. The van der Waals surface area contributed by atoms with Gasteiger partial charge in [-0.3, -0.25) is 9.59 Å². The third-order valence-corrected chi connectivity index (χ3v) is 6.41. The molecule has 0 saturated heterocycles. The molecule has 0 aliphatic rings. The van der Waals surface area contributed by atoms with Crippen LogP contribution < -0.4 is 15.4 Å². The summed E-state index contributed by atoms with van der Waals surface area (Å²) in [6.45, 7) is 2.71. The van der Waals surface area contributed by atoms with Gasteiger partial charge in [-0.05, 0) is 48.7 Å². The molecule has 0 aliphatic carbocycles. The summed E-state index contributed by atoms with van der Waals surface area (Å²) in [4.78, 5) is 27.0. The summed E-state index contributed by atoms with van der Waals surface area (Å²) in [5.41, 5.74) is 4.23. The lowest BCUT2D eigenvalue weighted by atomic mass is 10.0. The van der Waals surface area contributed by atoms with E-state index in [0.29, 0.717) is 41.1 Å². The molecule has 0 saturated carbocycles. The number of esters is 1. The van der Waals surface area contributed by atoms with Gasteiger partial charge in [0, 0.05) is 40.2 Å². The maximum atomic E-state index is 13.2. The quantitative estimate of drug-likeness (QED) is 0.147. The second-order valence-electron chi connectivity index (χ2n) is 8.10. The fourth-order valence-corrected chi connectivity index (χ4v) is 4.71. The van der Waals surface area contributed by atoms with Crippen LogP contribution in [-0.2, 0) is 11.3 Å². The van der Waals surface area contributed by atoms with Gasteiger partial charge >= 0.3 is 5.97 Å². The topological polar surface area (TPSA) is 67.4 Å². The highest BCUT2D eigenvalue weighted by Gasteiger charge is 2.19. The number of rotatable bonds is 10. The summed E-state index contributed by atoms with van der Waals surface area (Å²) in [6.07, 6.45) is 1.02. The maximum absolute atomic E-state index is 13.2. The van der Waals surface area contributed by atoms with Crippen LogP contribution in [0.1, 0.15) is 40.6 Å². The standard InChI is InChI=1S/C29H28N2O3S/c1-3-10-27(32)34-29-23(21-17-22(18-30-2)35-19-21)14-9-16-26(29)31-25-15-8-7-13-24(25)28(33)20-11-5-4-6-12-20/h4-9,11-17,19,30-31H,3,10,18H2,1-2H3. The predicted molar refractivity (Wildman–Crippen MR) is 143 cm³/mol. The Morgan fingerprint density at radius 3 is 2.43 bits per heavy atom. The summed E-state index contributed by atoms with van der Waals surface area (Å²) in [5.74, 6) is 0.0907. The first-order valence-electron chi connectivity index (χ1n) is 11.6. The van der Waals surface area contributed by atoms with Gasteiger partial charge in [0.1, 0.15) is 0 Å². The summed E-state index contributed by atoms with van der Waals surface area (Å²) in [7, 11) is 1.91. The van der Waals surface area contributed by atoms with Crippen molar-refractivity contribution in [2.75, 3.05) is 12.4 Å². The zero-order chi connectivity index (χ0) is 24.6. The van der Waals surface area contributed by atoms with Gasteiger partial charge in [-0.1, -0.05) is 61.5 Å². The summed E-state index contributed by atoms with van der Waals surface area (Å²) < 4.78 is 5.90. The Hall–Kier alpha value is -3.74. The third-order valence-electron chi connectivity index (χ3n) is 5.48. The minimum absolute atomic E-state index is 0.0797. The summed E-state index contributed by atoms with van der Waals surface area (Å²) in [5, 5.41) is 8.61. The Kier molecular flexibility index (Phi) is 8.08.